The quantitative estimate of drug-likeness (QED) is 0.641. The van der Waals surface area contributed by atoms with Crippen molar-refractivity contribution in [2.75, 3.05) is 34.3 Å². The largest absolute Gasteiger partial charge is 0.332 e. The van der Waals surface area contributed by atoms with Gasteiger partial charge in [-0.3, -0.25) is 4.57 Å². The minimum Gasteiger partial charge on any atom is -0.329 e. The summed E-state index contributed by atoms with van der Waals surface area (Å²) in [4.78, 5) is 9.75. The first-order valence-corrected chi connectivity index (χ1v) is 8.25. The summed E-state index contributed by atoms with van der Waals surface area (Å²) in [5.41, 5.74) is 0.800. The molecule has 1 aromatic carbocycles. The monoisotopic (exact) mass is 336 g/mol. The van der Waals surface area contributed by atoms with Crippen LogP contribution in [0.5, 0.6) is 0 Å². The smallest absolute Gasteiger partial charge is 0.329 e. The van der Waals surface area contributed by atoms with E-state index in [0.717, 1.165) is 10.0 Å². The molecular formula is C12H20BrNO3P+. The first-order valence-electron chi connectivity index (χ1n) is 5.69. The van der Waals surface area contributed by atoms with Crippen molar-refractivity contribution < 1.29 is 18.5 Å². The fraction of sp³-hybridized carbons (Fsp3) is 0.500. The Morgan fingerprint density at radius 1 is 1.28 bits per heavy atom. The third-order valence-corrected chi connectivity index (χ3v) is 4.23. The predicted octanol–water partition coefficient (Wildman–Crippen LogP) is 2.86. The molecule has 6 heteroatoms. The Morgan fingerprint density at radius 2 is 1.83 bits per heavy atom. The lowest BCUT2D eigenvalue weighted by Gasteiger charge is -2.24. The highest BCUT2D eigenvalue weighted by atomic mass is 79.9. The standard InChI is InChI=1S/C12H19BrNO3P/c1-14(2,3)8-9-17-18(15,16)10-11-4-6-12(13)7-5-11/h4-7H,8-10H2,1-3H3/p+1. The number of halogens is 1. The van der Waals surface area contributed by atoms with Gasteiger partial charge in [0.1, 0.15) is 13.2 Å². The van der Waals surface area contributed by atoms with E-state index in [-0.39, 0.29) is 12.8 Å². The van der Waals surface area contributed by atoms with Crippen molar-refractivity contribution in [3.05, 3.63) is 34.3 Å². The molecule has 0 aliphatic heterocycles. The van der Waals surface area contributed by atoms with Gasteiger partial charge in [-0.1, -0.05) is 28.1 Å². The van der Waals surface area contributed by atoms with Crippen LogP contribution in [0.2, 0.25) is 0 Å². The Labute approximate surface area is 117 Å². The van der Waals surface area contributed by atoms with Gasteiger partial charge in [0.05, 0.1) is 27.3 Å². The summed E-state index contributed by atoms with van der Waals surface area (Å²) in [6, 6.07) is 7.33. The highest BCUT2D eigenvalue weighted by Crippen LogP contribution is 2.45. The number of quaternary nitrogens is 1. The molecule has 0 bridgehead atoms. The number of rotatable bonds is 6. The van der Waals surface area contributed by atoms with Crippen LogP contribution in [0.15, 0.2) is 28.7 Å². The average Bonchev–Trinajstić information content (AvgIpc) is 2.18. The molecule has 0 spiro atoms. The minimum absolute atomic E-state index is 0.0530. The highest BCUT2D eigenvalue weighted by molar-refractivity contribution is 9.10. The maximum Gasteiger partial charge on any atom is 0.332 e. The molecule has 1 atom stereocenters. The van der Waals surface area contributed by atoms with Crippen molar-refractivity contribution in [1.29, 1.82) is 0 Å². The SMILES string of the molecule is C[N+](C)(C)CCOP(=O)(O)Cc1ccc(Br)cc1. The Morgan fingerprint density at radius 3 is 2.33 bits per heavy atom. The van der Waals surface area contributed by atoms with E-state index in [0.29, 0.717) is 11.0 Å². The van der Waals surface area contributed by atoms with Crippen molar-refractivity contribution >= 4 is 23.5 Å². The zero-order valence-corrected chi connectivity index (χ0v) is 13.4. The van der Waals surface area contributed by atoms with Gasteiger partial charge in [0.25, 0.3) is 0 Å². The molecule has 0 saturated carbocycles. The van der Waals surface area contributed by atoms with Crippen LogP contribution in [0, 0.1) is 0 Å². The second-order valence-corrected chi connectivity index (χ2v) is 8.03. The Balaban J connectivity index is 2.49. The molecule has 0 saturated heterocycles. The van der Waals surface area contributed by atoms with E-state index >= 15 is 0 Å². The van der Waals surface area contributed by atoms with Crippen LogP contribution >= 0.6 is 23.5 Å². The van der Waals surface area contributed by atoms with Crippen LogP contribution in [0.4, 0.5) is 0 Å². The van der Waals surface area contributed by atoms with Crippen LogP contribution < -0.4 is 0 Å². The summed E-state index contributed by atoms with van der Waals surface area (Å²) in [5, 5.41) is 0. The van der Waals surface area contributed by atoms with Crippen LogP contribution in [0.25, 0.3) is 0 Å². The van der Waals surface area contributed by atoms with E-state index < -0.39 is 7.60 Å². The Bertz CT molecular complexity index is 428. The average molecular weight is 337 g/mol. The van der Waals surface area contributed by atoms with Gasteiger partial charge in [0, 0.05) is 4.47 Å². The number of hydrogen-bond donors (Lipinski definition) is 1. The number of nitrogens with zero attached hydrogens (tertiary/aromatic N) is 1. The summed E-state index contributed by atoms with van der Waals surface area (Å²) < 4.78 is 18.6. The van der Waals surface area contributed by atoms with Crippen LogP contribution in [0.3, 0.4) is 0 Å². The molecule has 0 radical (unpaired) electrons. The molecule has 0 aliphatic rings. The van der Waals surface area contributed by atoms with Crippen molar-refractivity contribution in [2.24, 2.45) is 0 Å². The molecule has 18 heavy (non-hydrogen) atoms. The van der Waals surface area contributed by atoms with Gasteiger partial charge in [0.15, 0.2) is 0 Å². The third kappa shape index (κ3) is 6.66. The predicted molar refractivity (Wildman–Crippen MR) is 76.5 cm³/mol. The minimum atomic E-state index is -3.54. The summed E-state index contributed by atoms with van der Waals surface area (Å²) in [5.74, 6) is 0. The fourth-order valence-electron chi connectivity index (χ4n) is 1.32. The van der Waals surface area contributed by atoms with Crippen molar-refractivity contribution in [3.63, 3.8) is 0 Å². The second-order valence-electron chi connectivity index (χ2n) is 5.27. The highest BCUT2D eigenvalue weighted by Gasteiger charge is 2.21. The molecule has 1 rings (SSSR count). The molecule has 0 aromatic heterocycles. The molecular weight excluding hydrogens is 317 g/mol. The van der Waals surface area contributed by atoms with Crippen LogP contribution in [0.1, 0.15) is 5.56 Å². The maximum absolute atomic E-state index is 11.9. The molecule has 0 heterocycles. The summed E-state index contributed by atoms with van der Waals surface area (Å²) >= 11 is 3.32. The van der Waals surface area contributed by atoms with E-state index in [1.165, 1.54) is 0 Å². The van der Waals surface area contributed by atoms with Crippen molar-refractivity contribution in [2.45, 2.75) is 6.16 Å². The van der Waals surface area contributed by atoms with E-state index in [4.69, 9.17) is 4.52 Å². The number of hydrogen-bond acceptors (Lipinski definition) is 2. The van der Waals surface area contributed by atoms with Gasteiger partial charge in [-0.15, -0.1) is 0 Å². The molecule has 102 valence electrons. The lowest BCUT2D eigenvalue weighted by atomic mass is 10.2. The summed E-state index contributed by atoms with van der Waals surface area (Å²) in [6.45, 7) is 0.985. The first kappa shape index (κ1) is 15.9. The molecule has 1 unspecified atom stereocenters. The summed E-state index contributed by atoms with van der Waals surface area (Å²) in [7, 11) is 2.50. The normalized spacial score (nSPS) is 15.4. The molecule has 0 aliphatic carbocycles. The van der Waals surface area contributed by atoms with Crippen LogP contribution in [-0.4, -0.2) is 43.7 Å². The van der Waals surface area contributed by atoms with E-state index in [2.05, 4.69) is 15.9 Å². The van der Waals surface area contributed by atoms with E-state index in [1.807, 2.05) is 45.4 Å². The molecule has 1 N–H and O–H groups in total. The van der Waals surface area contributed by atoms with Gasteiger partial charge < -0.3 is 13.9 Å². The van der Waals surface area contributed by atoms with Gasteiger partial charge in [-0.2, -0.15) is 0 Å². The topological polar surface area (TPSA) is 46.5 Å². The number of likely N-dealkylation sites (N-methyl/N-ethyl adjacent to an activating group) is 1. The second kappa shape index (κ2) is 6.31. The van der Waals surface area contributed by atoms with Gasteiger partial charge in [-0.05, 0) is 17.7 Å². The molecule has 0 fully saturated rings. The van der Waals surface area contributed by atoms with Gasteiger partial charge in [0.2, 0.25) is 0 Å². The fourth-order valence-corrected chi connectivity index (χ4v) is 2.72. The van der Waals surface area contributed by atoms with Crippen molar-refractivity contribution in [3.8, 4) is 0 Å². The summed E-state index contributed by atoms with van der Waals surface area (Å²) in [6.07, 6.45) is 0.0530. The maximum atomic E-state index is 11.9. The van der Waals surface area contributed by atoms with Crippen molar-refractivity contribution in [1.82, 2.24) is 0 Å². The molecule has 4 nitrogen and oxygen atoms in total. The van der Waals surface area contributed by atoms with E-state index in [9.17, 15) is 9.46 Å². The number of benzene rings is 1. The lowest BCUT2D eigenvalue weighted by Crippen LogP contribution is -2.37. The van der Waals surface area contributed by atoms with E-state index in [1.54, 1.807) is 0 Å². The van der Waals surface area contributed by atoms with Gasteiger partial charge >= 0.3 is 7.60 Å². The van der Waals surface area contributed by atoms with Gasteiger partial charge in [-0.25, -0.2) is 0 Å². The lowest BCUT2D eigenvalue weighted by molar-refractivity contribution is -0.870. The first-order chi connectivity index (χ1) is 8.18. The van der Waals surface area contributed by atoms with Crippen LogP contribution in [-0.2, 0) is 15.3 Å². The Hall–Kier alpha value is -0.190. The zero-order chi connectivity index (χ0) is 13.8. The zero-order valence-electron chi connectivity index (χ0n) is 11.0. The Kier molecular flexibility index (Phi) is 5.56. The third-order valence-electron chi connectivity index (χ3n) is 2.35. The molecule has 0 amide bonds. The molecule has 1 aromatic rings.